The molecule has 288 valence electrons. The van der Waals surface area contributed by atoms with Crippen LogP contribution in [0.3, 0.4) is 0 Å². The molecule has 21 heteroatoms. The van der Waals surface area contributed by atoms with E-state index in [9.17, 15) is 60.2 Å². The maximum atomic E-state index is 13.4. The van der Waals surface area contributed by atoms with Gasteiger partial charge in [0.2, 0.25) is 23.6 Å². The normalized spacial score (nSPS) is 13.0. The van der Waals surface area contributed by atoms with Crippen molar-refractivity contribution in [3.05, 3.63) is 82.9 Å². The molecule has 0 aliphatic rings. The highest BCUT2D eigenvalue weighted by Crippen LogP contribution is 2.36. The first-order valence-corrected chi connectivity index (χ1v) is 15.2. The van der Waals surface area contributed by atoms with E-state index in [0.29, 0.717) is 23.3 Å². The molecule has 0 aliphatic heterocycles. The van der Waals surface area contributed by atoms with Crippen molar-refractivity contribution in [3.63, 3.8) is 0 Å². The van der Waals surface area contributed by atoms with E-state index in [2.05, 4.69) is 22.5 Å². The molecule has 0 saturated carbocycles. The first kappa shape index (κ1) is 43.0. The van der Waals surface area contributed by atoms with E-state index >= 15 is 0 Å². The fourth-order valence-corrected chi connectivity index (χ4v) is 4.51. The largest absolute Gasteiger partial charge is 0.481 e. The first-order valence-electron chi connectivity index (χ1n) is 15.2. The molecular weight excluding hydrogens is 724 g/mol. The summed E-state index contributed by atoms with van der Waals surface area (Å²) in [7, 11) is 0. The van der Waals surface area contributed by atoms with Crippen LogP contribution < -0.4 is 32.7 Å². The number of carbonyl (C=O) groups excluding carboxylic acids is 5. The van der Waals surface area contributed by atoms with Crippen LogP contribution in [-0.2, 0) is 54.0 Å². The van der Waals surface area contributed by atoms with E-state index in [4.69, 9.17) is 21.6 Å². The SMILES string of the molecule is C=CCOC(=O)N[C@@H](Cc1ccc(C(=N)N)cc1)C(=O)N[C@@H](CCC(=O)O)C(=O)N[C@@H](CC(N)=O)C(=O)NCc1cc(C(F)(F)F)cc(C(F)(F)F)c1. The van der Waals surface area contributed by atoms with Crippen LogP contribution in [0.25, 0.3) is 0 Å². The summed E-state index contributed by atoms with van der Waals surface area (Å²) in [6, 6.07) is 1.32. The van der Waals surface area contributed by atoms with Crippen LogP contribution in [0.15, 0.2) is 55.1 Å². The molecule has 0 aliphatic carbocycles. The maximum absolute atomic E-state index is 13.4. The van der Waals surface area contributed by atoms with Gasteiger partial charge in [0.25, 0.3) is 0 Å². The van der Waals surface area contributed by atoms with Crippen LogP contribution in [0.4, 0.5) is 31.1 Å². The lowest BCUT2D eigenvalue weighted by Crippen LogP contribution is -2.57. The number of amidine groups is 1. The number of alkyl carbamates (subject to hydrolysis) is 1. The van der Waals surface area contributed by atoms with Crippen LogP contribution in [0.2, 0.25) is 0 Å². The van der Waals surface area contributed by atoms with Gasteiger partial charge in [0.15, 0.2) is 0 Å². The average Bonchev–Trinajstić information content (AvgIpc) is 3.06. The Hall–Kier alpha value is -6.15. The van der Waals surface area contributed by atoms with Crippen LogP contribution >= 0.6 is 0 Å². The number of aliphatic carboxylic acids is 1. The molecule has 5 amide bonds. The Kier molecular flexibility index (Phi) is 15.3. The summed E-state index contributed by atoms with van der Waals surface area (Å²) in [5.41, 5.74) is 7.43. The van der Waals surface area contributed by atoms with Crippen LogP contribution in [0.5, 0.6) is 0 Å². The molecule has 10 N–H and O–H groups in total. The van der Waals surface area contributed by atoms with Gasteiger partial charge in [-0.25, -0.2) is 4.79 Å². The number of alkyl halides is 6. The summed E-state index contributed by atoms with van der Waals surface area (Å²) in [4.78, 5) is 75.3. The van der Waals surface area contributed by atoms with Crippen molar-refractivity contribution < 1.29 is 65.0 Å². The number of carboxylic acids is 1. The molecule has 0 bridgehead atoms. The molecule has 2 aromatic carbocycles. The summed E-state index contributed by atoms with van der Waals surface area (Å²) in [5, 5.41) is 25.4. The third-order valence-corrected chi connectivity index (χ3v) is 7.08. The Morgan fingerprint density at radius 3 is 1.85 bits per heavy atom. The minimum absolute atomic E-state index is 0.124. The molecule has 0 spiro atoms. The Balaban J connectivity index is 2.34. The zero-order chi connectivity index (χ0) is 40.1. The summed E-state index contributed by atoms with van der Waals surface area (Å²) in [6.45, 7) is 2.21. The quantitative estimate of drug-likeness (QED) is 0.0477. The average molecular weight is 760 g/mol. The fourth-order valence-electron chi connectivity index (χ4n) is 4.51. The zero-order valence-corrected chi connectivity index (χ0v) is 27.5. The van der Waals surface area contributed by atoms with Gasteiger partial charge < -0.3 is 42.6 Å². The molecule has 0 saturated heterocycles. The molecule has 0 unspecified atom stereocenters. The molecular formula is C32H35F6N7O8. The third-order valence-electron chi connectivity index (χ3n) is 7.08. The molecule has 53 heavy (non-hydrogen) atoms. The predicted octanol–water partition coefficient (Wildman–Crippen LogP) is 1.86. The van der Waals surface area contributed by atoms with Crippen molar-refractivity contribution in [1.29, 1.82) is 5.41 Å². The molecule has 0 aromatic heterocycles. The summed E-state index contributed by atoms with van der Waals surface area (Å²) < 4.78 is 84.5. The smallest absolute Gasteiger partial charge is 0.416 e. The standard InChI is InChI=1S/C32H35F6N7O8/c1-2-9-53-30(52)45-22(12-16-3-5-18(6-4-16)26(40)41)29(51)43-21(7-8-25(47)48)28(50)44-23(14-24(39)46)27(49)42-15-17-10-19(31(33,34)35)13-20(11-17)32(36,37)38/h2-6,10-11,13,21-23H,1,7-9,12,14-15H2,(H2,39,46)(H3,40,41)(H,42,49)(H,43,51)(H,44,50)(H,45,52)(H,47,48)/t21-,22-,23-/m0/s1. The van der Waals surface area contributed by atoms with Crippen molar-refractivity contribution in [2.45, 2.75) is 62.7 Å². The van der Waals surface area contributed by atoms with Gasteiger partial charge in [-0.05, 0) is 35.7 Å². The second-order valence-corrected chi connectivity index (χ2v) is 11.3. The molecule has 0 heterocycles. The monoisotopic (exact) mass is 759 g/mol. The van der Waals surface area contributed by atoms with Gasteiger partial charge in [0.1, 0.15) is 30.6 Å². The number of carbonyl (C=O) groups is 6. The number of benzene rings is 2. The third kappa shape index (κ3) is 14.5. The van der Waals surface area contributed by atoms with E-state index in [1.54, 1.807) is 0 Å². The first-order chi connectivity index (χ1) is 24.6. The summed E-state index contributed by atoms with van der Waals surface area (Å²) in [6.07, 6.45) is -12.7. The highest BCUT2D eigenvalue weighted by molar-refractivity contribution is 5.96. The van der Waals surface area contributed by atoms with Crippen molar-refractivity contribution in [3.8, 4) is 0 Å². The number of ether oxygens (including phenoxy) is 1. The number of rotatable bonds is 18. The number of hydrogen-bond donors (Lipinski definition) is 8. The van der Waals surface area contributed by atoms with E-state index in [1.165, 1.54) is 30.3 Å². The number of nitrogens with one attached hydrogen (secondary N) is 5. The fraction of sp³-hybridized carbons (Fsp3) is 0.344. The number of primary amides is 1. The zero-order valence-electron chi connectivity index (χ0n) is 27.5. The molecule has 0 fully saturated rings. The Bertz CT molecular complexity index is 1670. The van der Waals surface area contributed by atoms with Crippen molar-refractivity contribution in [1.82, 2.24) is 21.3 Å². The van der Waals surface area contributed by atoms with Crippen molar-refractivity contribution >= 4 is 41.5 Å². The highest BCUT2D eigenvalue weighted by Gasteiger charge is 2.37. The Morgan fingerprint density at radius 2 is 1.36 bits per heavy atom. The molecule has 2 aromatic rings. The Morgan fingerprint density at radius 1 is 0.811 bits per heavy atom. The molecule has 3 atom stereocenters. The van der Waals surface area contributed by atoms with E-state index in [-0.39, 0.29) is 24.9 Å². The number of carboxylic acid groups (broad SMARTS) is 1. The van der Waals surface area contributed by atoms with Gasteiger partial charge >= 0.3 is 24.4 Å². The Labute approximate surface area is 297 Å². The molecule has 0 radical (unpaired) electrons. The van der Waals surface area contributed by atoms with Crippen LogP contribution in [0, 0.1) is 5.41 Å². The lowest BCUT2D eigenvalue weighted by molar-refractivity contribution is -0.143. The second kappa shape index (κ2) is 18.9. The summed E-state index contributed by atoms with van der Waals surface area (Å²) >= 11 is 0. The van der Waals surface area contributed by atoms with Crippen molar-refractivity contribution in [2.24, 2.45) is 11.5 Å². The molecule has 2 rings (SSSR count). The van der Waals surface area contributed by atoms with Crippen molar-refractivity contribution in [2.75, 3.05) is 6.61 Å². The number of amides is 5. The minimum atomic E-state index is -5.18. The van der Waals surface area contributed by atoms with Gasteiger partial charge in [-0.2, -0.15) is 26.3 Å². The lowest BCUT2D eigenvalue weighted by Gasteiger charge is -2.25. The topological polar surface area (TPSA) is 256 Å². The number of nitrogen functional groups attached to an aromatic ring is 1. The van der Waals surface area contributed by atoms with Gasteiger partial charge in [0.05, 0.1) is 17.5 Å². The lowest BCUT2D eigenvalue weighted by atomic mass is 10.0. The maximum Gasteiger partial charge on any atom is 0.416 e. The predicted molar refractivity (Wildman–Crippen MR) is 172 cm³/mol. The second-order valence-electron chi connectivity index (χ2n) is 11.3. The number of nitrogens with two attached hydrogens (primary N) is 2. The summed E-state index contributed by atoms with van der Waals surface area (Å²) in [5.74, 6) is -6.45. The molecule has 15 nitrogen and oxygen atoms in total. The highest BCUT2D eigenvalue weighted by atomic mass is 19.4. The van der Waals surface area contributed by atoms with Crippen LogP contribution in [-0.4, -0.2) is 71.4 Å². The van der Waals surface area contributed by atoms with Gasteiger partial charge in [-0.15, -0.1) is 0 Å². The number of halogens is 6. The van der Waals surface area contributed by atoms with Gasteiger partial charge in [-0.3, -0.25) is 29.4 Å². The van der Waals surface area contributed by atoms with E-state index in [0.717, 1.165) is 0 Å². The van der Waals surface area contributed by atoms with E-state index < -0.39 is 109 Å². The minimum Gasteiger partial charge on any atom is -0.481 e. The van der Waals surface area contributed by atoms with E-state index in [1.807, 2.05) is 5.32 Å². The van der Waals surface area contributed by atoms with Gasteiger partial charge in [0, 0.05) is 24.9 Å². The van der Waals surface area contributed by atoms with Crippen LogP contribution in [0.1, 0.15) is 47.1 Å². The van der Waals surface area contributed by atoms with Gasteiger partial charge in [-0.1, -0.05) is 36.9 Å². The number of hydrogen-bond acceptors (Lipinski definition) is 8.